The second kappa shape index (κ2) is 22.3. The van der Waals surface area contributed by atoms with Gasteiger partial charge in [-0.25, -0.2) is 14.4 Å². The summed E-state index contributed by atoms with van der Waals surface area (Å²) in [7, 11) is -3.02. The summed E-state index contributed by atoms with van der Waals surface area (Å²) in [5.74, 6) is -1.89. The van der Waals surface area contributed by atoms with E-state index in [1.54, 1.807) is 58.0 Å². The average molecular weight is 853 g/mol. The second-order valence-electron chi connectivity index (χ2n) is 15.3. The van der Waals surface area contributed by atoms with Crippen LogP contribution in [-0.2, 0) is 54.2 Å². The molecule has 0 aliphatic carbocycles. The fourth-order valence-electron chi connectivity index (χ4n) is 6.47. The molecular weight excluding hydrogens is 801 g/mol. The van der Waals surface area contributed by atoms with Crippen LogP contribution in [0.15, 0.2) is 126 Å². The molecule has 5 atom stereocenters. The Morgan fingerprint density at radius 2 is 1.38 bits per heavy atom. The molecule has 0 spiro atoms. The zero-order chi connectivity index (χ0) is 43.8. The zero-order valence-electron chi connectivity index (χ0n) is 34.5. The number of esters is 1. The summed E-state index contributed by atoms with van der Waals surface area (Å²) in [4.78, 5) is 64.3. The molecule has 4 aromatic carbocycles. The van der Waals surface area contributed by atoms with Gasteiger partial charge in [0.1, 0.15) is 35.5 Å². The molecule has 0 aliphatic heterocycles. The van der Waals surface area contributed by atoms with Crippen LogP contribution in [0.25, 0.3) is 11.3 Å². The standard InChI is InChI=1S/C46H50N3O11P/c1-5-56-43(51)40(26-32-21-23-36(24-22-32)58-45(53)59-46(2,3)4)47-42(50)35(27-37-29-38(49-60-37)34-19-13-8-14-20-34)28-41(61(54)55)39(25-31-15-9-6-10-16-31)48-44(52)57-30-33-17-11-7-12-18-33/h6-24,29,35,39-41H,5,25-28,30H2,1-4H3,(H2-,47,48,50,52,54,55)/p+1/t35-,39+,40?,41?/m0/s1. The number of benzene rings is 4. The maximum atomic E-state index is 14.5. The normalized spacial score (nSPS) is 13.4. The Labute approximate surface area is 355 Å². The largest absolute Gasteiger partial charge is 0.514 e. The summed E-state index contributed by atoms with van der Waals surface area (Å²) in [6, 6.07) is 33.4. The van der Waals surface area contributed by atoms with Crippen LogP contribution in [0.5, 0.6) is 5.75 Å². The van der Waals surface area contributed by atoms with E-state index in [-0.39, 0.29) is 44.6 Å². The van der Waals surface area contributed by atoms with Gasteiger partial charge in [0, 0.05) is 36.8 Å². The van der Waals surface area contributed by atoms with Crippen molar-refractivity contribution in [2.45, 2.75) is 83.3 Å². The van der Waals surface area contributed by atoms with E-state index in [4.69, 9.17) is 23.5 Å². The van der Waals surface area contributed by atoms with Crippen molar-refractivity contribution >= 4 is 32.2 Å². The highest BCUT2D eigenvalue weighted by Gasteiger charge is 2.43. The first-order valence-electron chi connectivity index (χ1n) is 19.9. The fourth-order valence-corrected chi connectivity index (χ4v) is 7.39. The molecule has 2 amide bonds. The van der Waals surface area contributed by atoms with Gasteiger partial charge < -0.3 is 34.1 Å². The first kappa shape index (κ1) is 45.7. The first-order chi connectivity index (χ1) is 29.3. The number of aromatic nitrogens is 1. The Hall–Kier alpha value is -6.37. The second-order valence-corrected chi connectivity index (χ2v) is 16.5. The summed E-state index contributed by atoms with van der Waals surface area (Å²) in [6.07, 6.45) is -1.84. The summed E-state index contributed by atoms with van der Waals surface area (Å²) >= 11 is 0. The monoisotopic (exact) mass is 852 g/mol. The lowest BCUT2D eigenvalue weighted by Crippen LogP contribution is -2.48. The molecule has 0 saturated heterocycles. The van der Waals surface area contributed by atoms with Gasteiger partial charge in [-0.2, -0.15) is 4.89 Å². The van der Waals surface area contributed by atoms with Crippen molar-refractivity contribution in [2.24, 2.45) is 5.92 Å². The van der Waals surface area contributed by atoms with Gasteiger partial charge in [0.05, 0.1) is 12.6 Å². The summed E-state index contributed by atoms with van der Waals surface area (Å²) in [5.41, 5.74) is 1.50. The molecule has 1 aromatic heterocycles. The number of ether oxygens (including phenoxy) is 4. The van der Waals surface area contributed by atoms with Crippen molar-refractivity contribution in [3.8, 4) is 17.0 Å². The highest BCUT2D eigenvalue weighted by atomic mass is 31.1. The van der Waals surface area contributed by atoms with Gasteiger partial charge in [0.15, 0.2) is 0 Å². The molecule has 61 heavy (non-hydrogen) atoms. The smallest absolute Gasteiger partial charge is 0.464 e. The van der Waals surface area contributed by atoms with Crippen molar-refractivity contribution in [3.63, 3.8) is 0 Å². The average Bonchev–Trinajstić information content (AvgIpc) is 3.71. The molecule has 3 N–H and O–H groups in total. The van der Waals surface area contributed by atoms with Crippen LogP contribution in [0, 0.1) is 5.92 Å². The van der Waals surface area contributed by atoms with Crippen LogP contribution >= 0.6 is 8.03 Å². The van der Waals surface area contributed by atoms with Crippen molar-refractivity contribution in [1.82, 2.24) is 15.8 Å². The van der Waals surface area contributed by atoms with Crippen molar-refractivity contribution in [1.29, 1.82) is 0 Å². The minimum atomic E-state index is -3.02. The number of nitrogens with one attached hydrogen (secondary N) is 2. The van der Waals surface area contributed by atoms with Crippen LogP contribution in [-0.4, -0.2) is 64.1 Å². The molecule has 5 aromatic rings. The Bertz CT molecular complexity index is 2190. The van der Waals surface area contributed by atoms with Gasteiger partial charge in [-0.3, -0.25) is 4.79 Å². The minimum Gasteiger partial charge on any atom is -0.464 e. The molecule has 0 aliphatic rings. The number of amides is 2. The molecular formula is C46H51N3O11P+. The van der Waals surface area contributed by atoms with Crippen LogP contribution in [0.3, 0.4) is 0 Å². The molecule has 0 fully saturated rings. The molecule has 320 valence electrons. The van der Waals surface area contributed by atoms with E-state index in [0.717, 1.165) is 16.7 Å². The minimum absolute atomic E-state index is 0.00634. The third-order valence-corrected chi connectivity index (χ3v) is 10.5. The SMILES string of the molecule is CCOC(=O)C(Cc1ccc(OC(=O)OC(C)(C)C)cc1)NC(=O)[C@@H](Cc1cc(-c2ccccc2)no1)CC([C@@H](Cc1ccccc1)NC(=O)OCc1ccccc1)[P+](=O)O. The maximum absolute atomic E-state index is 14.5. The van der Waals surface area contributed by atoms with Gasteiger partial charge in [-0.1, -0.05) is 108 Å². The highest BCUT2D eigenvalue weighted by Crippen LogP contribution is 2.35. The molecule has 5 rings (SSSR count). The van der Waals surface area contributed by atoms with Gasteiger partial charge in [0.2, 0.25) is 11.6 Å². The number of hydrogen-bond donors (Lipinski definition) is 3. The molecule has 3 unspecified atom stereocenters. The molecule has 0 saturated carbocycles. The number of carbonyl (C=O) groups is 4. The quantitative estimate of drug-likeness (QED) is 0.0313. The molecule has 0 radical (unpaired) electrons. The fraction of sp³-hybridized carbons (Fsp3) is 0.326. The van der Waals surface area contributed by atoms with Gasteiger partial charge in [0.25, 0.3) is 0 Å². The number of rotatable bonds is 19. The van der Waals surface area contributed by atoms with Crippen LogP contribution in [0.4, 0.5) is 9.59 Å². The third kappa shape index (κ3) is 15.0. The van der Waals surface area contributed by atoms with E-state index in [2.05, 4.69) is 15.8 Å². The molecule has 15 heteroatoms. The molecule has 0 bridgehead atoms. The summed E-state index contributed by atoms with van der Waals surface area (Å²) in [5, 5.41) is 9.82. The van der Waals surface area contributed by atoms with E-state index >= 15 is 0 Å². The Kier molecular flexibility index (Phi) is 16.7. The van der Waals surface area contributed by atoms with Gasteiger partial charge >= 0.3 is 26.2 Å². The molecule has 1 heterocycles. The lowest BCUT2D eigenvalue weighted by molar-refractivity contribution is -0.147. The van der Waals surface area contributed by atoms with Gasteiger partial charge in [-0.15, -0.1) is 0 Å². The Morgan fingerprint density at radius 1 is 0.770 bits per heavy atom. The van der Waals surface area contributed by atoms with Crippen molar-refractivity contribution < 1.29 is 52.1 Å². The Morgan fingerprint density at radius 3 is 1.98 bits per heavy atom. The lowest BCUT2D eigenvalue weighted by atomic mass is 9.91. The first-order valence-corrected chi connectivity index (χ1v) is 21.2. The summed E-state index contributed by atoms with van der Waals surface area (Å²) < 4.78 is 40.4. The van der Waals surface area contributed by atoms with Crippen LogP contribution in [0.1, 0.15) is 56.6 Å². The number of alkyl carbamates (subject to hydrolysis) is 1. The molecule has 14 nitrogen and oxygen atoms in total. The third-order valence-electron chi connectivity index (χ3n) is 9.38. The number of carbonyl (C=O) groups excluding carboxylic acids is 4. The number of nitrogens with zero attached hydrogens (tertiary/aromatic N) is 1. The van der Waals surface area contributed by atoms with E-state index in [9.17, 15) is 28.6 Å². The van der Waals surface area contributed by atoms with Crippen molar-refractivity contribution in [2.75, 3.05) is 6.61 Å². The Balaban J connectivity index is 1.42. The maximum Gasteiger partial charge on any atom is 0.514 e. The predicted octanol–water partition coefficient (Wildman–Crippen LogP) is 8.14. The lowest BCUT2D eigenvalue weighted by Gasteiger charge is -2.25. The van der Waals surface area contributed by atoms with E-state index < -0.39 is 61.4 Å². The van der Waals surface area contributed by atoms with E-state index in [1.807, 2.05) is 78.9 Å². The summed E-state index contributed by atoms with van der Waals surface area (Å²) in [6.45, 7) is 6.80. The topological polar surface area (TPSA) is 193 Å². The van der Waals surface area contributed by atoms with Crippen LogP contribution < -0.4 is 15.4 Å². The number of hydrogen-bond acceptors (Lipinski definition) is 11. The zero-order valence-corrected chi connectivity index (χ0v) is 35.4. The van der Waals surface area contributed by atoms with Gasteiger partial charge in [-0.05, 0) is 67.5 Å². The van der Waals surface area contributed by atoms with Crippen LogP contribution in [0.2, 0.25) is 0 Å². The van der Waals surface area contributed by atoms with E-state index in [0.29, 0.717) is 17.0 Å². The van der Waals surface area contributed by atoms with E-state index in [1.165, 1.54) is 12.1 Å². The van der Waals surface area contributed by atoms with Crippen molar-refractivity contribution in [3.05, 3.63) is 144 Å². The predicted molar refractivity (Wildman–Crippen MR) is 227 cm³/mol. The highest BCUT2D eigenvalue weighted by molar-refractivity contribution is 7.39.